The van der Waals surface area contributed by atoms with Gasteiger partial charge >= 0.3 is 0 Å². The van der Waals surface area contributed by atoms with Gasteiger partial charge in [-0.25, -0.2) is 4.98 Å². The number of rotatable bonds is 4. The van der Waals surface area contributed by atoms with Gasteiger partial charge in [-0.15, -0.1) is 0 Å². The zero-order valence-electron chi connectivity index (χ0n) is 11.0. The number of pyridine rings is 1. The van der Waals surface area contributed by atoms with E-state index in [2.05, 4.69) is 15.1 Å². The van der Waals surface area contributed by atoms with Crippen molar-refractivity contribution in [3.63, 3.8) is 0 Å². The molecule has 1 unspecified atom stereocenters. The predicted molar refractivity (Wildman–Crippen MR) is 66.9 cm³/mol. The van der Waals surface area contributed by atoms with Crippen LogP contribution in [0.5, 0.6) is 0 Å². The van der Waals surface area contributed by atoms with Crippen LogP contribution >= 0.6 is 0 Å². The SMILES string of the molecule is CCC(C)(OC)c1noc(-c2ccc(C#N)nc2)n1. The molecule has 0 aliphatic rings. The van der Waals surface area contributed by atoms with E-state index in [4.69, 9.17) is 14.5 Å². The molecule has 2 aromatic rings. The second-order valence-corrected chi connectivity index (χ2v) is 4.26. The van der Waals surface area contributed by atoms with Crippen molar-refractivity contribution in [2.75, 3.05) is 7.11 Å². The maximum Gasteiger partial charge on any atom is 0.259 e. The topological polar surface area (TPSA) is 84.8 Å². The average Bonchev–Trinajstić information content (AvgIpc) is 2.97. The number of aromatic nitrogens is 3. The van der Waals surface area contributed by atoms with Crippen molar-refractivity contribution < 1.29 is 9.26 Å². The molecule has 0 aliphatic heterocycles. The highest BCUT2D eigenvalue weighted by Crippen LogP contribution is 2.27. The van der Waals surface area contributed by atoms with Crippen LogP contribution < -0.4 is 0 Å². The molecule has 0 radical (unpaired) electrons. The molecule has 6 nitrogen and oxygen atoms in total. The third-order valence-electron chi connectivity index (χ3n) is 3.15. The minimum absolute atomic E-state index is 0.346. The molecule has 0 bridgehead atoms. The summed E-state index contributed by atoms with van der Waals surface area (Å²) in [4.78, 5) is 8.29. The van der Waals surface area contributed by atoms with Gasteiger partial charge in [0.1, 0.15) is 17.4 Å². The monoisotopic (exact) mass is 258 g/mol. The van der Waals surface area contributed by atoms with Gasteiger partial charge in [0.15, 0.2) is 0 Å². The standard InChI is InChI=1S/C13H14N4O2/c1-4-13(2,18-3)12-16-11(19-17-12)9-5-6-10(7-14)15-8-9/h5-6,8H,4H2,1-3H3. The van der Waals surface area contributed by atoms with Gasteiger partial charge in [-0.05, 0) is 25.5 Å². The molecule has 0 amide bonds. The summed E-state index contributed by atoms with van der Waals surface area (Å²) in [5.74, 6) is 0.862. The summed E-state index contributed by atoms with van der Waals surface area (Å²) >= 11 is 0. The molecule has 98 valence electrons. The van der Waals surface area contributed by atoms with E-state index in [1.807, 2.05) is 19.9 Å². The van der Waals surface area contributed by atoms with Crippen LogP contribution in [0.2, 0.25) is 0 Å². The quantitative estimate of drug-likeness (QED) is 0.836. The van der Waals surface area contributed by atoms with Crippen molar-refractivity contribution in [1.29, 1.82) is 5.26 Å². The lowest BCUT2D eigenvalue weighted by Gasteiger charge is -2.21. The lowest BCUT2D eigenvalue weighted by atomic mass is 10.0. The van der Waals surface area contributed by atoms with Crippen molar-refractivity contribution in [2.24, 2.45) is 0 Å². The Morgan fingerprint density at radius 3 is 2.79 bits per heavy atom. The third-order valence-corrected chi connectivity index (χ3v) is 3.15. The Balaban J connectivity index is 2.33. The zero-order chi connectivity index (χ0) is 13.9. The third kappa shape index (κ3) is 2.46. The van der Waals surface area contributed by atoms with E-state index in [1.54, 1.807) is 19.2 Å². The first kappa shape index (κ1) is 13.2. The largest absolute Gasteiger partial charge is 0.370 e. The first-order chi connectivity index (χ1) is 9.12. The van der Waals surface area contributed by atoms with E-state index in [-0.39, 0.29) is 0 Å². The number of methoxy groups -OCH3 is 1. The lowest BCUT2D eigenvalue weighted by Crippen LogP contribution is -2.24. The van der Waals surface area contributed by atoms with E-state index in [0.717, 1.165) is 6.42 Å². The second-order valence-electron chi connectivity index (χ2n) is 4.26. The van der Waals surface area contributed by atoms with Crippen LogP contribution in [0.3, 0.4) is 0 Å². The maximum absolute atomic E-state index is 8.69. The van der Waals surface area contributed by atoms with Crippen LogP contribution in [0.4, 0.5) is 0 Å². The summed E-state index contributed by atoms with van der Waals surface area (Å²) in [6.07, 6.45) is 2.26. The highest BCUT2D eigenvalue weighted by Gasteiger charge is 2.30. The van der Waals surface area contributed by atoms with Crippen molar-refractivity contribution >= 4 is 0 Å². The lowest BCUT2D eigenvalue weighted by molar-refractivity contribution is -0.0106. The van der Waals surface area contributed by atoms with E-state index in [9.17, 15) is 0 Å². The van der Waals surface area contributed by atoms with Gasteiger partial charge in [0.2, 0.25) is 5.82 Å². The number of hydrogen-bond donors (Lipinski definition) is 0. The summed E-state index contributed by atoms with van der Waals surface area (Å²) in [6.45, 7) is 3.89. The summed E-state index contributed by atoms with van der Waals surface area (Å²) < 4.78 is 10.6. The fourth-order valence-corrected chi connectivity index (χ4v) is 1.54. The van der Waals surface area contributed by atoms with Gasteiger partial charge in [-0.3, -0.25) is 0 Å². The maximum atomic E-state index is 8.69. The van der Waals surface area contributed by atoms with Gasteiger partial charge < -0.3 is 9.26 Å². The van der Waals surface area contributed by atoms with E-state index in [0.29, 0.717) is 23.0 Å². The molecule has 0 aliphatic carbocycles. The number of ether oxygens (including phenoxy) is 1. The molecule has 0 spiro atoms. The highest BCUT2D eigenvalue weighted by atomic mass is 16.5. The smallest absolute Gasteiger partial charge is 0.259 e. The summed E-state index contributed by atoms with van der Waals surface area (Å²) in [7, 11) is 1.61. The average molecular weight is 258 g/mol. The molecule has 0 saturated carbocycles. The molecular weight excluding hydrogens is 244 g/mol. The van der Waals surface area contributed by atoms with E-state index >= 15 is 0 Å². The van der Waals surface area contributed by atoms with E-state index < -0.39 is 5.60 Å². The molecule has 19 heavy (non-hydrogen) atoms. The predicted octanol–water partition coefficient (Wildman–Crippen LogP) is 2.27. The summed E-state index contributed by atoms with van der Waals surface area (Å²) in [6, 6.07) is 5.28. The molecule has 2 heterocycles. The number of nitriles is 1. The molecule has 0 saturated heterocycles. The van der Waals surface area contributed by atoms with Crippen LogP contribution in [0, 0.1) is 11.3 Å². The molecular formula is C13H14N4O2. The van der Waals surface area contributed by atoms with Gasteiger partial charge in [0.25, 0.3) is 5.89 Å². The van der Waals surface area contributed by atoms with Crippen LogP contribution in [-0.4, -0.2) is 22.2 Å². The van der Waals surface area contributed by atoms with Crippen LogP contribution in [0.25, 0.3) is 11.5 Å². The normalized spacial score (nSPS) is 13.8. The highest BCUT2D eigenvalue weighted by molar-refractivity contribution is 5.51. The second kappa shape index (κ2) is 5.16. The van der Waals surface area contributed by atoms with Gasteiger partial charge in [-0.2, -0.15) is 10.2 Å². The number of hydrogen-bond acceptors (Lipinski definition) is 6. The van der Waals surface area contributed by atoms with Crippen LogP contribution in [0.15, 0.2) is 22.9 Å². The Hall–Kier alpha value is -2.26. The van der Waals surface area contributed by atoms with Crippen LogP contribution in [-0.2, 0) is 10.3 Å². The minimum Gasteiger partial charge on any atom is -0.370 e. The fourth-order valence-electron chi connectivity index (χ4n) is 1.54. The minimum atomic E-state index is -0.568. The molecule has 0 aromatic carbocycles. The van der Waals surface area contributed by atoms with Gasteiger partial charge in [-0.1, -0.05) is 12.1 Å². The van der Waals surface area contributed by atoms with Crippen molar-refractivity contribution in [1.82, 2.24) is 15.1 Å². The van der Waals surface area contributed by atoms with E-state index in [1.165, 1.54) is 6.20 Å². The van der Waals surface area contributed by atoms with Crippen molar-refractivity contribution in [2.45, 2.75) is 25.9 Å². The fraction of sp³-hybridized carbons (Fsp3) is 0.385. The van der Waals surface area contributed by atoms with Crippen molar-refractivity contribution in [3.8, 4) is 17.5 Å². The molecule has 2 aromatic heterocycles. The number of nitrogens with zero attached hydrogens (tertiary/aromatic N) is 4. The Morgan fingerprint density at radius 2 is 2.26 bits per heavy atom. The Labute approximate surface area is 111 Å². The summed E-state index contributed by atoms with van der Waals surface area (Å²) in [5.41, 5.74) is 0.452. The van der Waals surface area contributed by atoms with Gasteiger partial charge in [0.05, 0.1) is 5.56 Å². The van der Waals surface area contributed by atoms with Gasteiger partial charge in [0, 0.05) is 13.3 Å². The molecule has 2 rings (SSSR count). The Bertz CT molecular complexity index is 594. The molecule has 1 atom stereocenters. The first-order valence-corrected chi connectivity index (χ1v) is 5.89. The van der Waals surface area contributed by atoms with Crippen LogP contribution in [0.1, 0.15) is 31.8 Å². The summed E-state index contributed by atoms with van der Waals surface area (Å²) in [5, 5.41) is 12.6. The Morgan fingerprint density at radius 1 is 1.47 bits per heavy atom. The van der Waals surface area contributed by atoms with Crippen molar-refractivity contribution in [3.05, 3.63) is 29.8 Å². The molecule has 0 fully saturated rings. The molecule has 0 N–H and O–H groups in total. The Kier molecular flexibility index (Phi) is 3.58. The molecule has 6 heteroatoms. The zero-order valence-corrected chi connectivity index (χ0v) is 11.0. The first-order valence-electron chi connectivity index (χ1n) is 5.89.